The van der Waals surface area contributed by atoms with Crippen molar-refractivity contribution in [3.05, 3.63) is 69.1 Å². The number of aryl methyl sites for hydroxylation is 3. The van der Waals surface area contributed by atoms with E-state index in [1.54, 1.807) is 45.0 Å². The summed E-state index contributed by atoms with van der Waals surface area (Å²) in [4.78, 5) is 24.7. The zero-order chi connectivity index (χ0) is 22.2. The van der Waals surface area contributed by atoms with E-state index in [9.17, 15) is 18.0 Å². The Bertz CT molecular complexity index is 1290. The molecule has 3 rings (SSSR count). The molecule has 1 aromatic heterocycles. The minimum atomic E-state index is -3.90. The number of hydrogen-bond acceptors (Lipinski definition) is 6. The molecule has 2 aromatic carbocycles. The molecule has 1 heterocycles. The van der Waals surface area contributed by atoms with E-state index in [0.717, 1.165) is 11.1 Å². The van der Waals surface area contributed by atoms with Crippen LogP contribution in [-0.2, 0) is 14.8 Å². The van der Waals surface area contributed by atoms with Crippen LogP contribution in [0.4, 0.5) is 0 Å². The Balaban J connectivity index is 1.90. The molecule has 0 radical (unpaired) electrons. The van der Waals surface area contributed by atoms with Crippen LogP contribution in [0.3, 0.4) is 0 Å². The number of benzene rings is 2. The molecule has 7 nitrogen and oxygen atoms in total. The van der Waals surface area contributed by atoms with Gasteiger partial charge in [0.2, 0.25) is 10.0 Å². The fourth-order valence-corrected chi connectivity index (χ4v) is 4.22. The second-order valence-corrected chi connectivity index (χ2v) is 9.07. The van der Waals surface area contributed by atoms with Gasteiger partial charge in [-0.05, 0) is 70.0 Å². The molecule has 0 saturated heterocycles. The molecule has 8 heteroatoms. The number of carbonyl (C=O) groups is 1. The number of fused-ring (bicyclic) bond motifs is 1. The van der Waals surface area contributed by atoms with Crippen molar-refractivity contribution in [2.75, 3.05) is 0 Å². The molecule has 158 valence electrons. The molecule has 1 N–H and O–H groups in total. The molecule has 3 aromatic rings. The van der Waals surface area contributed by atoms with Crippen molar-refractivity contribution >= 4 is 27.0 Å². The van der Waals surface area contributed by atoms with Gasteiger partial charge < -0.3 is 9.15 Å². The van der Waals surface area contributed by atoms with Crippen LogP contribution in [0.2, 0.25) is 0 Å². The lowest BCUT2D eigenvalue weighted by Gasteiger charge is -2.16. The number of sulfonamides is 1. The maximum absolute atomic E-state index is 12.7. The Morgan fingerprint density at radius 3 is 2.27 bits per heavy atom. The van der Waals surface area contributed by atoms with E-state index in [1.807, 2.05) is 6.92 Å². The van der Waals surface area contributed by atoms with Crippen molar-refractivity contribution in [2.24, 2.45) is 0 Å². The summed E-state index contributed by atoms with van der Waals surface area (Å²) in [5, 5.41) is 0.500. The van der Waals surface area contributed by atoms with Gasteiger partial charge in [0.05, 0.1) is 10.3 Å². The molecular weight excluding hydrogens is 406 g/mol. The maximum atomic E-state index is 12.7. The first-order chi connectivity index (χ1) is 14.0. The van der Waals surface area contributed by atoms with Crippen LogP contribution in [0, 0.1) is 27.7 Å². The Morgan fingerprint density at radius 2 is 1.63 bits per heavy atom. The molecule has 0 unspecified atom stereocenters. The van der Waals surface area contributed by atoms with Crippen molar-refractivity contribution in [3.8, 4) is 5.75 Å². The molecular formula is C22H23NO6S. The molecule has 1 atom stereocenters. The highest BCUT2D eigenvalue weighted by atomic mass is 32.2. The predicted octanol–water partition coefficient (Wildman–Crippen LogP) is 3.30. The fourth-order valence-electron chi connectivity index (χ4n) is 3.03. The lowest BCUT2D eigenvalue weighted by atomic mass is 10.0. The Morgan fingerprint density at radius 1 is 1.00 bits per heavy atom. The first-order valence-electron chi connectivity index (χ1n) is 9.35. The lowest BCUT2D eigenvalue weighted by Crippen LogP contribution is -2.40. The summed E-state index contributed by atoms with van der Waals surface area (Å²) in [6.07, 6.45) is 0. The molecule has 0 saturated carbocycles. The third kappa shape index (κ3) is 4.29. The second-order valence-electron chi connectivity index (χ2n) is 7.35. The highest BCUT2D eigenvalue weighted by Crippen LogP contribution is 2.31. The van der Waals surface area contributed by atoms with Gasteiger partial charge in [-0.2, -0.15) is 4.72 Å². The monoisotopic (exact) mass is 429 g/mol. The molecule has 0 aliphatic rings. The van der Waals surface area contributed by atoms with E-state index in [2.05, 4.69) is 4.72 Å². The SMILES string of the molecule is Cc1ccc(S(=O)(=O)N[C@H](C)C(=O)Oc2cc(C)cc3oc(=O)c(C)c(C)c23)cc1. The highest BCUT2D eigenvalue weighted by molar-refractivity contribution is 7.89. The summed E-state index contributed by atoms with van der Waals surface area (Å²) in [5.41, 5.74) is 2.55. The molecule has 0 amide bonds. The number of rotatable bonds is 5. The average molecular weight is 429 g/mol. The van der Waals surface area contributed by atoms with Gasteiger partial charge in [0.25, 0.3) is 0 Å². The summed E-state index contributed by atoms with van der Waals surface area (Å²) in [6, 6.07) is 8.49. The topological polar surface area (TPSA) is 103 Å². The van der Waals surface area contributed by atoms with Crippen molar-refractivity contribution in [2.45, 2.75) is 45.6 Å². The fraction of sp³-hybridized carbons (Fsp3) is 0.273. The van der Waals surface area contributed by atoms with Crippen LogP contribution >= 0.6 is 0 Å². The average Bonchev–Trinajstić information content (AvgIpc) is 2.65. The zero-order valence-corrected chi connectivity index (χ0v) is 18.2. The molecule has 0 aliphatic heterocycles. The maximum Gasteiger partial charge on any atom is 0.339 e. The van der Waals surface area contributed by atoms with Gasteiger partial charge in [-0.25, -0.2) is 18.0 Å². The normalized spacial score (nSPS) is 12.7. The Hall–Kier alpha value is -2.97. The summed E-state index contributed by atoms with van der Waals surface area (Å²) in [5.74, 6) is -0.568. The van der Waals surface area contributed by atoms with Crippen LogP contribution in [0.1, 0.15) is 29.2 Å². The van der Waals surface area contributed by atoms with E-state index in [0.29, 0.717) is 22.1 Å². The van der Waals surface area contributed by atoms with Crippen LogP contribution in [0.15, 0.2) is 50.5 Å². The Labute approximate surface area is 174 Å². The van der Waals surface area contributed by atoms with Gasteiger partial charge in [0.15, 0.2) is 0 Å². The van der Waals surface area contributed by atoms with E-state index >= 15 is 0 Å². The number of carbonyl (C=O) groups excluding carboxylic acids is 1. The van der Waals surface area contributed by atoms with E-state index in [-0.39, 0.29) is 10.6 Å². The van der Waals surface area contributed by atoms with Crippen molar-refractivity contribution in [3.63, 3.8) is 0 Å². The van der Waals surface area contributed by atoms with Crippen LogP contribution in [0.5, 0.6) is 5.75 Å². The first-order valence-corrected chi connectivity index (χ1v) is 10.8. The second kappa shape index (κ2) is 8.04. The van der Waals surface area contributed by atoms with E-state index in [1.165, 1.54) is 19.1 Å². The summed E-state index contributed by atoms with van der Waals surface area (Å²) in [7, 11) is -3.90. The quantitative estimate of drug-likeness (QED) is 0.379. The largest absolute Gasteiger partial charge is 0.425 e. The molecule has 0 bridgehead atoms. The first kappa shape index (κ1) is 21.7. The number of ether oxygens (including phenoxy) is 1. The van der Waals surface area contributed by atoms with E-state index < -0.39 is 27.7 Å². The van der Waals surface area contributed by atoms with Gasteiger partial charge in [0, 0.05) is 5.56 Å². The van der Waals surface area contributed by atoms with Crippen molar-refractivity contribution < 1.29 is 22.4 Å². The summed E-state index contributed by atoms with van der Waals surface area (Å²) in [6.45, 7) is 8.40. The third-order valence-electron chi connectivity index (χ3n) is 4.88. The number of esters is 1. The van der Waals surface area contributed by atoms with Gasteiger partial charge in [-0.1, -0.05) is 17.7 Å². The zero-order valence-electron chi connectivity index (χ0n) is 17.4. The smallest absolute Gasteiger partial charge is 0.339 e. The van der Waals surface area contributed by atoms with Gasteiger partial charge in [-0.15, -0.1) is 0 Å². The van der Waals surface area contributed by atoms with Gasteiger partial charge in [-0.3, -0.25) is 0 Å². The molecule has 0 aliphatic carbocycles. The van der Waals surface area contributed by atoms with Crippen LogP contribution in [-0.4, -0.2) is 20.4 Å². The summed E-state index contributed by atoms with van der Waals surface area (Å²) >= 11 is 0. The summed E-state index contributed by atoms with van der Waals surface area (Å²) < 4.78 is 38.3. The van der Waals surface area contributed by atoms with Gasteiger partial charge >= 0.3 is 11.6 Å². The minimum absolute atomic E-state index is 0.0574. The standard InChI is InChI=1S/C22H23NO6S/c1-12-6-8-17(9-7-12)30(26,27)23-16(5)22(25)29-19-11-13(2)10-18-20(19)14(3)15(4)21(24)28-18/h6-11,16,23H,1-5H3/t16-/m1/s1. The Kier molecular flexibility index (Phi) is 5.83. The predicted molar refractivity (Wildman–Crippen MR) is 113 cm³/mol. The van der Waals surface area contributed by atoms with E-state index in [4.69, 9.17) is 9.15 Å². The van der Waals surface area contributed by atoms with Crippen molar-refractivity contribution in [1.29, 1.82) is 0 Å². The van der Waals surface area contributed by atoms with Crippen LogP contribution < -0.4 is 15.1 Å². The van der Waals surface area contributed by atoms with Crippen LogP contribution in [0.25, 0.3) is 11.0 Å². The number of nitrogens with one attached hydrogen (secondary N) is 1. The lowest BCUT2D eigenvalue weighted by molar-refractivity contribution is -0.135. The third-order valence-corrected chi connectivity index (χ3v) is 6.44. The molecule has 0 spiro atoms. The van der Waals surface area contributed by atoms with Gasteiger partial charge in [0.1, 0.15) is 17.4 Å². The molecule has 30 heavy (non-hydrogen) atoms. The molecule has 0 fully saturated rings. The van der Waals surface area contributed by atoms with Crippen molar-refractivity contribution in [1.82, 2.24) is 4.72 Å². The minimum Gasteiger partial charge on any atom is -0.425 e. The highest BCUT2D eigenvalue weighted by Gasteiger charge is 2.25. The number of hydrogen-bond donors (Lipinski definition) is 1.